The Bertz CT molecular complexity index is 397. The van der Waals surface area contributed by atoms with Gasteiger partial charge in [-0.05, 0) is 32.4 Å². The monoisotopic (exact) mass is 279 g/mol. The van der Waals surface area contributed by atoms with Gasteiger partial charge in [-0.15, -0.1) is 0 Å². The summed E-state index contributed by atoms with van der Waals surface area (Å²) in [7, 11) is 0. The van der Waals surface area contributed by atoms with Crippen LogP contribution in [0.4, 0.5) is 5.82 Å². The van der Waals surface area contributed by atoms with Crippen LogP contribution in [0.3, 0.4) is 0 Å². The van der Waals surface area contributed by atoms with E-state index in [0.717, 1.165) is 25.5 Å². The zero-order valence-corrected chi connectivity index (χ0v) is 13.3. The van der Waals surface area contributed by atoms with Gasteiger partial charge in [0.05, 0.1) is 0 Å². The Kier molecular flexibility index (Phi) is 4.74. The molecule has 2 rings (SSSR count). The molecule has 1 saturated heterocycles. The zero-order chi connectivity index (χ0) is 13.9. The maximum atomic E-state index is 4.61. The molecule has 1 aliphatic heterocycles. The summed E-state index contributed by atoms with van der Waals surface area (Å²) in [6.07, 6.45) is 2.00. The van der Waals surface area contributed by atoms with Crippen molar-refractivity contribution < 1.29 is 0 Å². The molecule has 106 valence electrons. The van der Waals surface area contributed by atoms with Gasteiger partial charge in [0, 0.05) is 42.4 Å². The quantitative estimate of drug-likeness (QED) is 0.921. The first-order chi connectivity index (χ1) is 8.94. The highest BCUT2D eigenvalue weighted by Crippen LogP contribution is 2.22. The molecule has 3 nitrogen and oxygen atoms in total. The van der Waals surface area contributed by atoms with Gasteiger partial charge < -0.3 is 10.2 Å². The van der Waals surface area contributed by atoms with Crippen molar-refractivity contribution in [2.45, 2.75) is 45.0 Å². The maximum absolute atomic E-state index is 4.61. The van der Waals surface area contributed by atoms with Crippen LogP contribution in [0.25, 0.3) is 0 Å². The Morgan fingerprint density at radius 2 is 2.21 bits per heavy atom. The summed E-state index contributed by atoms with van der Waals surface area (Å²) in [5.41, 5.74) is 1.40. The fourth-order valence-corrected chi connectivity index (χ4v) is 3.12. The second-order valence-electron chi connectivity index (χ2n) is 6.26. The average Bonchev–Trinajstić information content (AvgIpc) is 2.36. The van der Waals surface area contributed by atoms with Crippen LogP contribution in [0.2, 0.25) is 0 Å². The smallest absolute Gasteiger partial charge is 0.128 e. The molecular weight excluding hydrogens is 254 g/mol. The van der Waals surface area contributed by atoms with Crippen molar-refractivity contribution in [3.63, 3.8) is 0 Å². The van der Waals surface area contributed by atoms with E-state index >= 15 is 0 Å². The lowest BCUT2D eigenvalue weighted by atomic mass is 10.1. The normalized spacial score (nSPS) is 20.6. The van der Waals surface area contributed by atoms with Gasteiger partial charge in [-0.1, -0.05) is 13.0 Å². The van der Waals surface area contributed by atoms with Gasteiger partial charge in [0.1, 0.15) is 5.82 Å². The van der Waals surface area contributed by atoms with Crippen LogP contribution in [0.1, 0.15) is 33.3 Å². The first kappa shape index (κ1) is 14.7. The van der Waals surface area contributed by atoms with Crippen molar-refractivity contribution in [1.82, 2.24) is 10.3 Å². The summed E-state index contributed by atoms with van der Waals surface area (Å²) in [6, 6.07) is 4.34. The Labute approximate surface area is 121 Å². The predicted molar refractivity (Wildman–Crippen MR) is 85.0 cm³/mol. The number of aromatic nitrogens is 1. The van der Waals surface area contributed by atoms with Gasteiger partial charge in [0.2, 0.25) is 0 Å². The molecule has 0 amide bonds. The van der Waals surface area contributed by atoms with Crippen LogP contribution in [0.15, 0.2) is 18.3 Å². The molecule has 1 aliphatic rings. The van der Waals surface area contributed by atoms with Crippen LogP contribution in [0, 0.1) is 0 Å². The van der Waals surface area contributed by atoms with Crippen molar-refractivity contribution in [3.8, 4) is 0 Å². The lowest BCUT2D eigenvalue weighted by molar-refractivity contribution is 0.424. The topological polar surface area (TPSA) is 28.2 Å². The van der Waals surface area contributed by atoms with E-state index in [0.29, 0.717) is 5.25 Å². The first-order valence-electron chi connectivity index (χ1n) is 7.00. The van der Waals surface area contributed by atoms with Crippen molar-refractivity contribution in [2.24, 2.45) is 0 Å². The molecule has 0 saturated carbocycles. The Morgan fingerprint density at radius 3 is 2.79 bits per heavy atom. The van der Waals surface area contributed by atoms with Gasteiger partial charge in [0.15, 0.2) is 0 Å². The van der Waals surface area contributed by atoms with E-state index in [-0.39, 0.29) is 5.54 Å². The van der Waals surface area contributed by atoms with Gasteiger partial charge in [-0.2, -0.15) is 11.8 Å². The largest absolute Gasteiger partial charge is 0.355 e. The molecule has 0 aromatic carbocycles. The molecule has 1 atom stereocenters. The summed E-state index contributed by atoms with van der Waals surface area (Å²) in [4.78, 5) is 7.01. The van der Waals surface area contributed by atoms with Crippen LogP contribution in [0.5, 0.6) is 0 Å². The van der Waals surface area contributed by atoms with E-state index in [1.54, 1.807) is 0 Å². The zero-order valence-electron chi connectivity index (χ0n) is 12.4. The Morgan fingerprint density at radius 1 is 1.42 bits per heavy atom. The number of nitrogens with one attached hydrogen (secondary N) is 1. The fraction of sp³-hybridized carbons (Fsp3) is 0.667. The van der Waals surface area contributed by atoms with Crippen LogP contribution < -0.4 is 10.2 Å². The number of thioether (sulfide) groups is 1. The Hall–Kier alpha value is -0.740. The maximum Gasteiger partial charge on any atom is 0.128 e. The van der Waals surface area contributed by atoms with E-state index < -0.39 is 0 Å². The fourth-order valence-electron chi connectivity index (χ4n) is 2.10. The highest BCUT2D eigenvalue weighted by molar-refractivity contribution is 8.00. The third-order valence-corrected chi connectivity index (χ3v) is 4.33. The average molecular weight is 279 g/mol. The first-order valence-corrected chi connectivity index (χ1v) is 8.05. The molecule has 1 N–H and O–H groups in total. The van der Waals surface area contributed by atoms with E-state index in [2.05, 4.69) is 66.8 Å². The highest BCUT2D eigenvalue weighted by atomic mass is 32.2. The van der Waals surface area contributed by atoms with E-state index in [4.69, 9.17) is 0 Å². The standard InChI is InChI=1S/C15H25N3S/c1-12-11-18(7-8-19-12)14-6-5-13(9-16-14)10-17-15(2,3)4/h5-6,9,12,17H,7-8,10-11H2,1-4H3. The third-order valence-electron chi connectivity index (χ3n) is 3.20. The van der Waals surface area contributed by atoms with E-state index in [1.165, 1.54) is 11.3 Å². The van der Waals surface area contributed by atoms with Crippen LogP contribution in [-0.2, 0) is 6.54 Å². The van der Waals surface area contributed by atoms with Crippen molar-refractivity contribution in [2.75, 3.05) is 23.7 Å². The summed E-state index contributed by atoms with van der Waals surface area (Å²) in [5.74, 6) is 2.32. The van der Waals surface area contributed by atoms with E-state index in [1.807, 2.05) is 6.20 Å². The van der Waals surface area contributed by atoms with Gasteiger partial charge in [-0.25, -0.2) is 4.98 Å². The molecule has 2 heterocycles. The lowest BCUT2D eigenvalue weighted by Crippen LogP contribution is -2.37. The minimum absolute atomic E-state index is 0.151. The molecule has 1 fully saturated rings. The summed E-state index contributed by atoms with van der Waals surface area (Å²) < 4.78 is 0. The van der Waals surface area contributed by atoms with Crippen LogP contribution >= 0.6 is 11.8 Å². The summed E-state index contributed by atoms with van der Waals surface area (Å²) in [6.45, 7) is 11.9. The second-order valence-corrected chi connectivity index (χ2v) is 7.80. The molecule has 0 spiro atoms. The molecule has 19 heavy (non-hydrogen) atoms. The molecule has 0 radical (unpaired) electrons. The molecule has 1 unspecified atom stereocenters. The molecule has 0 bridgehead atoms. The molecule has 4 heteroatoms. The van der Waals surface area contributed by atoms with Gasteiger partial charge >= 0.3 is 0 Å². The van der Waals surface area contributed by atoms with Crippen LogP contribution in [-0.4, -0.2) is 34.6 Å². The number of anilines is 1. The Balaban J connectivity index is 1.94. The van der Waals surface area contributed by atoms with Gasteiger partial charge in [0.25, 0.3) is 0 Å². The number of hydrogen-bond acceptors (Lipinski definition) is 4. The second kappa shape index (κ2) is 6.14. The predicted octanol–water partition coefficient (Wildman–Crippen LogP) is 2.91. The molecular formula is C15H25N3S. The number of hydrogen-bond donors (Lipinski definition) is 1. The molecule has 1 aromatic rings. The molecule has 1 aromatic heterocycles. The van der Waals surface area contributed by atoms with Crippen molar-refractivity contribution >= 4 is 17.6 Å². The van der Waals surface area contributed by atoms with Crippen molar-refractivity contribution in [3.05, 3.63) is 23.9 Å². The van der Waals surface area contributed by atoms with Gasteiger partial charge in [-0.3, -0.25) is 0 Å². The lowest BCUT2D eigenvalue weighted by Gasteiger charge is -2.31. The summed E-state index contributed by atoms with van der Waals surface area (Å²) >= 11 is 2.05. The summed E-state index contributed by atoms with van der Waals surface area (Å²) in [5, 5.41) is 4.19. The number of pyridine rings is 1. The third kappa shape index (κ3) is 4.69. The number of rotatable bonds is 3. The minimum atomic E-state index is 0.151. The highest BCUT2D eigenvalue weighted by Gasteiger charge is 2.17. The van der Waals surface area contributed by atoms with E-state index in [9.17, 15) is 0 Å². The SMILES string of the molecule is CC1CN(c2ccc(CNC(C)(C)C)cn2)CCS1. The van der Waals surface area contributed by atoms with Crippen molar-refractivity contribution in [1.29, 1.82) is 0 Å². The minimum Gasteiger partial charge on any atom is -0.355 e. The molecule has 0 aliphatic carbocycles. The number of nitrogens with zero attached hydrogens (tertiary/aromatic N) is 2.